The Labute approximate surface area is 182 Å². The Morgan fingerprint density at radius 1 is 0.741 bits per heavy atom. The van der Waals surface area contributed by atoms with Crippen molar-refractivity contribution in [3.05, 3.63) is 0 Å². The summed E-state index contributed by atoms with van der Waals surface area (Å²) >= 11 is 1.55. The first kappa shape index (κ1) is 27.5. The minimum absolute atomic E-state index is 0.0499. The van der Waals surface area contributed by atoms with Crippen LogP contribution < -0.4 is 0 Å². The molecule has 0 aliphatic carbocycles. The number of rotatable bonds is 13. The van der Waals surface area contributed by atoms with Crippen LogP contribution in [-0.2, 0) is 28.8 Å². The van der Waals surface area contributed by atoms with Crippen molar-refractivity contribution >= 4 is 3.90 Å². The molecule has 0 aromatic carbocycles. The summed E-state index contributed by atoms with van der Waals surface area (Å²) in [5.74, 6) is 1.20. The average molecular weight is 552 g/mol. The Morgan fingerprint density at radius 3 is 1.67 bits per heavy atom. The van der Waals surface area contributed by atoms with Crippen molar-refractivity contribution < 1.29 is 28.8 Å². The van der Waals surface area contributed by atoms with Gasteiger partial charge in [0.1, 0.15) is 0 Å². The third-order valence-corrected chi connectivity index (χ3v) is 9.01. The van der Waals surface area contributed by atoms with Crippen molar-refractivity contribution in [2.45, 2.75) is 114 Å². The molecule has 0 rings (SSSR count). The molecule has 0 bridgehead atoms. The van der Waals surface area contributed by atoms with Crippen LogP contribution in [0.2, 0.25) is 0 Å². The summed E-state index contributed by atoms with van der Waals surface area (Å²) in [4.78, 5) is 0. The molecule has 0 heterocycles. The summed E-state index contributed by atoms with van der Waals surface area (Å²) in [6.07, 6.45) is 3.29. The van der Waals surface area contributed by atoms with E-state index in [2.05, 4.69) is 83.1 Å². The van der Waals surface area contributed by atoms with Crippen LogP contribution in [0, 0.1) is 22.7 Å². The van der Waals surface area contributed by atoms with Gasteiger partial charge in [-0.05, 0) is 0 Å². The topological polar surface area (TPSA) is 18.5 Å². The first-order chi connectivity index (χ1) is 11.9. The summed E-state index contributed by atoms with van der Waals surface area (Å²) in [6.45, 7) is 29.0. The minimum atomic E-state index is -0.141. The maximum atomic E-state index is 6.37. The van der Waals surface area contributed by atoms with Crippen LogP contribution in [0.5, 0.6) is 0 Å². The molecule has 0 amide bonds. The molecule has 0 aliphatic heterocycles. The van der Waals surface area contributed by atoms with Gasteiger partial charge < -0.3 is 0 Å². The van der Waals surface area contributed by atoms with Gasteiger partial charge in [0.2, 0.25) is 0 Å². The van der Waals surface area contributed by atoms with Crippen molar-refractivity contribution in [3.8, 4) is 0 Å². The molecular weight excluding hydrogens is 504 g/mol. The van der Waals surface area contributed by atoms with Gasteiger partial charge in [0, 0.05) is 0 Å². The van der Waals surface area contributed by atoms with Crippen LogP contribution in [0.4, 0.5) is 0 Å². The Hall–Kier alpha value is 0.478. The second kappa shape index (κ2) is 10.5. The summed E-state index contributed by atoms with van der Waals surface area (Å²) in [5.41, 5.74) is 0.377. The summed E-state index contributed by atoms with van der Waals surface area (Å²) in [5, 5.41) is 0. The molecule has 0 aliphatic rings. The molecule has 0 radical (unpaired) electrons. The van der Waals surface area contributed by atoms with Gasteiger partial charge in [0.15, 0.2) is 0 Å². The fourth-order valence-electron chi connectivity index (χ4n) is 2.43. The molecule has 0 spiro atoms. The monoisotopic (exact) mass is 552 g/mol. The number of hydrogen-bond acceptors (Lipinski definition) is 2. The van der Waals surface area contributed by atoms with Crippen molar-refractivity contribution in [1.29, 1.82) is 0 Å². The molecule has 0 saturated carbocycles. The van der Waals surface area contributed by atoms with E-state index in [0.717, 1.165) is 32.5 Å². The van der Waals surface area contributed by atoms with Crippen LogP contribution in [-0.4, -0.2) is 28.3 Å². The van der Waals surface area contributed by atoms with E-state index >= 15 is 0 Å². The predicted octanol–water partition coefficient (Wildman–Crippen LogP) is 6.83. The Balaban J connectivity index is 4.56. The van der Waals surface area contributed by atoms with E-state index in [0.29, 0.717) is 17.3 Å². The van der Waals surface area contributed by atoms with Gasteiger partial charge in [-0.25, -0.2) is 0 Å². The molecule has 0 N–H and O–H groups in total. The molecule has 0 aromatic rings. The summed E-state index contributed by atoms with van der Waals surface area (Å²) in [6, 6.07) is 0. The van der Waals surface area contributed by atoms with Crippen LogP contribution in [0.3, 0.4) is 0 Å². The van der Waals surface area contributed by atoms with Gasteiger partial charge in [-0.1, -0.05) is 0 Å². The fraction of sp³-hybridized carbons (Fsp3) is 0.958. The van der Waals surface area contributed by atoms with Crippen molar-refractivity contribution in [3.63, 3.8) is 0 Å². The van der Waals surface area contributed by atoms with E-state index < -0.39 is 0 Å². The molecule has 0 saturated heterocycles. The second-order valence-corrected chi connectivity index (χ2v) is 13.1. The fourth-order valence-corrected chi connectivity index (χ4v) is 4.05. The molecule has 27 heavy (non-hydrogen) atoms. The first-order valence-corrected chi connectivity index (χ1v) is 12.2. The number of ether oxygens (including phenoxy) is 2. The normalized spacial score (nSPS) is 14.3. The first-order valence-electron chi connectivity index (χ1n) is 10.7. The zero-order chi connectivity index (χ0) is 21.7. The van der Waals surface area contributed by atoms with Gasteiger partial charge in [-0.15, -0.1) is 0 Å². The second-order valence-electron chi connectivity index (χ2n) is 11.4. The van der Waals surface area contributed by atoms with Crippen LogP contribution in [0.25, 0.3) is 0 Å². The Kier molecular flexibility index (Phi) is 10.7. The van der Waals surface area contributed by atoms with Gasteiger partial charge >= 0.3 is 182 Å². The van der Waals surface area contributed by atoms with Gasteiger partial charge in [-0.2, -0.15) is 0 Å². The Morgan fingerprint density at radius 2 is 1.22 bits per heavy atom. The Bertz CT molecular complexity index is 459. The number of hydrogen-bond donors (Lipinski definition) is 0. The van der Waals surface area contributed by atoms with Crippen molar-refractivity contribution in [2.24, 2.45) is 22.7 Å². The zero-order valence-electron chi connectivity index (χ0n) is 20.4. The van der Waals surface area contributed by atoms with E-state index in [-0.39, 0.29) is 16.6 Å². The standard InChI is InChI=1S/C24H48O2.W/c1-19(2)22(7,8)16-18-25-23(9,10)14-13-21(5,6)15-17-26-24(11,12)20(3)4;/h19-20H,13,15-18H2,1-12H3;. The van der Waals surface area contributed by atoms with Gasteiger partial charge in [0.05, 0.1) is 0 Å². The molecule has 2 nitrogen and oxygen atoms in total. The predicted molar refractivity (Wildman–Crippen MR) is 116 cm³/mol. The molecule has 0 aromatic heterocycles. The van der Waals surface area contributed by atoms with E-state index in [1.165, 1.54) is 3.90 Å². The van der Waals surface area contributed by atoms with Gasteiger partial charge in [-0.3, -0.25) is 0 Å². The summed E-state index contributed by atoms with van der Waals surface area (Å²) in [7, 11) is 0. The quantitative estimate of drug-likeness (QED) is 0.249. The van der Waals surface area contributed by atoms with Gasteiger partial charge in [0.25, 0.3) is 0 Å². The third-order valence-electron chi connectivity index (χ3n) is 6.73. The van der Waals surface area contributed by atoms with Crippen LogP contribution in [0.15, 0.2) is 0 Å². The molecule has 0 atom stereocenters. The van der Waals surface area contributed by atoms with Crippen LogP contribution in [0.1, 0.15) is 102 Å². The van der Waals surface area contributed by atoms with E-state index in [1.54, 1.807) is 19.4 Å². The van der Waals surface area contributed by atoms with E-state index in [4.69, 9.17) is 9.47 Å². The molecular formula is C24H48O2W. The van der Waals surface area contributed by atoms with E-state index in [1.807, 2.05) is 0 Å². The average Bonchev–Trinajstić information content (AvgIpc) is 2.45. The van der Waals surface area contributed by atoms with E-state index in [9.17, 15) is 0 Å². The SMILES string of the molecule is CC(C)C(C)(C)CCOC(C)(C)[C](=[W])CC(C)(C)CCOC(C)(C)C(C)C. The van der Waals surface area contributed by atoms with Crippen molar-refractivity contribution in [2.75, 3.05) is 13.2 Å². The molecule has 162 valence electrons. The summed E-state index contributed by atoms with van der Waals surface area (Å²) < 4.78 is 14.1. The maximum absolute atomic E-state index is 6.37. The molecule has 0 unspecified atom stereocenters. The molecule has 0 fully saturated rings. The molecule has 3 heteroatoms. The zero-order valence-corrected chi connectivity index (χ0v) is 23.3. The van der Waals surface area contributed by atoms with Crippen molar-refractivity contribution in [1.82, 2.24) is 0 Å². The van der Waals surface area contributed by atoms with Crippen LogP contribution >= 0.6 is 0 Å². The third kappa shape index (κ3) is 10.2.